The second kappa shape index (κ2) is 7.03. The highest BCUT2D eigenvalue weighted by molar-refractivity contribution is 6.35. The first-order chi connectivity index (χ1) is 12.6. The molecule has 3 heterocycles. The minimum absolute atomic E-state index is 0.199. The maximum Gasteiger partial charge on any atom is 0.410 e. The van der Waals surface area contributed by atoms with Gasteiger partial charge in [-0.2, -0.15) is 0 Å². The van der Waals surface area contributed by atoms with Crippen molar-refractivity contribution in [1.29, 1.82) is 0 Å². The van der Waals surface area contributed by atoms with Gasteiger partial charge in [-0.25, -0.2) is 9.78 Å². The van der Waals surface area contributed by atoms with E-state index in [1.807, 2.05) is 44.6 Å². The number of pyridine rings is 1. The summed E-state index contributed by atoms with van der Waals surface area (Å²) in [5.41, 5.74) is 0.0961. The lowest BCUT2D eigenvalue weighted by molar-refractivity contribution is -0.122. The van der Waals surface area contributed by atoms with Crippen LogP contribution in [0.2, 0.25) is 5.02 Å². The number of anilines is 1. The summed E-state index contributed by atoms with van der Waals surface area (Å²) in [6, 6.07) is 3.00. The third-order valence-corrected chi connectivity index (χ3v) is 4.93. The van der Waals surface area contributed by atoms with Crippen molar-refractivity contribution >= 4 is 40.5 Å². The van der Waals surface area contributed by atoms with Gasteiger partial charge in [-0.15, -0.1) is 0 Å². The lowest BCUT2D eigenvalue weighted by Gasteiger charge is -2.30. The zero-order valence-corrected chi connectivity index (χ0v) is 17.1. The number of fused-ring (bicyclic) bond motifs is 1. The second-order valence-electron chi connectivity index (χ2n) is 7.86. The predicted molar refractivity (Wildman–Crippen MR) is 105 cm³/mol. The molecule has 1 saturated heterocycles. The monoisotopic (exact) mass is 392 g/mol. The molecule has 0 unspecified atom stereocenters. The average Bonchev–Trinajstić information content (AvgIpc) is 3.19. The fraction of sp³-hybridized carbons (Fsp3) is 0.526. The predicted octanol–water partition coefficient (Wildman–Crippen LogP) is 3.59. The van der Waals surface area contributed by atoms with Gasteiger partial charge in [0.2, 0.25) is 0 Å². The number of hydrogen-bond acceptors (Lipinski definition) is 4. The molecule has 1 aliphatic heterocycles. The van der Waals surface area contributed by atoms with E-state index in [2.05, 4.69) is 4.98 Å². The van der Waals surface area contributed by atoms with E-state index in [-0.39, 0.29) is 5.91 Å². The number of halogens is 1. The molecule has 0 aliphatic carbocycles. The summed E-state index contributed by atoms with van der Waals surface area (Å²) in [5.74, 6) is 0.255. The van der Waals surface area contributed by atoms with Crippen molar-refractivity contribution in [2.24, 2.45) is 7.05 Å². The van der Waals surface area contributed by atoms with Gasteiger partial charge in [0.05, 0.1) is 5.02 Å². The number of ether oxygens (including phenoxy) is 1. The van der Waals surface area contributed by atoms with Crippen LogP contribution in [-0.2, 0) is 16.6 Å². The molecule has 0 saturated carbocycles. The first kappa shape index (κ1) is 19.5. The van der Waals surface area contributed by atoms with Gasteiger partial charge >= 0.3 is 6.09 Å². The van der Waals surface area contributed by atoms with Crippen LogP contribution in [-0.4, -0.2) is 51.7 Å². The molecule has 2 aromatic rings. The van der Waals surface area contributed by atoms with E-state index in [1.165, 1.54) is 9.80 Å². The SMILES string of the molecule is CN(C(=O)[C@@H]1CCCN1C(=O)OC(C)(C)C)c1cc(Cl)c2ccn(C)c2n1. The zero-order chi connectivity index (χ0) is 19.9. The van der Waals surface area contributed by atoms with Crippen LogP contribution < -0.4 is 4.90 Å². The molecular formula is C19H25ClN4O3. The number of hydrogen-bond donors (Lipinski definition) is 0. The summed E-state index contributed by atoms with van der Waals surface area (Å²) < 4.78 is 7.30. The van der Waals surface area contributed by atoms with E-state index in [0.717, 1.165) is 11.8 Å². The maximum absolute atomic E-state index is 13.1. The van der Waals surface area contributed by atoms with Gasteiger partial charge in [-0.05, 0) is 39.7 Å². The van der Waals surface area contributed by atoms with Crippen LogP contribution in [0.1, 0.15) is 33.6 Å². The molecule has 0 bridgehead atoms. The zero-order valence-electron chi connectivity index (χ0n) is 16.3. The quantitative estimate of drug-likeness (QED) is 0.783. The third kappa shape index (κ3) is 3.88. The standard InChI is InChI=1S/C19H25ClN4O3/c1-19(2,3)27-18(26)24-9-6-7-14(24)17(25)23(5)15-11-13(20)12-8-10-22(4)16(12)21-15/h8,10-11,14H,6-7,9H2,1-5H3/t14-/m0/s1. The molecule has 27 heavy (non-hydrogen) atoms. The number of aryl methyl sites for hydroxylation is 1. The van der Waals surface area contributed by atoms with Crippen molar-refractivity contribution in [2.45, 2.75) is 45.3 Å². The van der Waals surface area contributed by atoms with E-state index < -0.39 is 17.7 Å². The van der Waals surface area contributed by atoms with Crippen molar-refractivity contribution in [3.05, 3.63) is 23.4 Å². The van der Waals surface area contributed by atoms with Gasteiger partial charge in [-0.3, -0.25) is 14.6 Å². The molecule has 146 valence electrons. The van der Waals surface area contributed by atoms with Crippen molar-refractivity contribution < 1.29 is 14.3 Å². The Morgan fingerprint density at radius 3 is 2.74 bits per heavy atom. The molecule has 3 rings (SSSR count). The number of likely N-dealkylation sites (tertiary alicyclic amines) is 1. The van der Waals surface area contributed by atoms with Crippen LogP contribution >= 0.6 is 11.6 Å². The van der Waals surface area contributed by atoms with Crippen LogP contribution in [0.25, 0.3) is 11.0 Å². The Morgan fingerprint density at radius 2 is 2.07 bits per heavy atom. The van der Waals surface area contributed by atoms with Crippen LogP contribution in [0.3, 0.4) is 0 Å². The smallest absolute Gasteiger partial charge is 0.410 e. The van der Waals surface area contributed by atoms with E-state index in [1.54, 1.807) is 13.1 Å². The Bertz CT molecular complexity index is 887. The second-order valence-corrected chi connectivity index (χ2v) is 8.26. The van der Waals surface area contributed by atoms with Gasteiger partial charge in [0.25, 0.3) is 5.91 Å². The number of aromatic nitrogens is 2. The Morgan fingerprint density at radius 1 is 1.37 bits per heavy atom. The van der Waals surface area contributed by atoms with E-state index in [9.17, 15) is 9.59 Å². The van der Waals surface area contributed by atoms with Crippen molar-refractivity contribution in [1.82, 2.24) is 14.5 Å². The number of amides is 2. The minimum Gasteiger partial charge on any atom is -0.444 e. The molecule has 0 N–H and O–H groups in total. The molecule has 0 radical (unpaired) electrons. The summed E-state index contributed by atoms with van der Waals surface area (Å²) in [6.45, 7) is 5.94. The number of nitrogens with zero attached hydrogens (tertiary/aromatic N) is 4. The topological polar surface area (TPSA) is 67.7 Å². The molecule has 0 spiro atoms. The summed E-state index contributed by atoms with van der Waals surface area (Å²) in [5, 5.41) is 1.37. The molecule has 1 fully saturated rings. The Balaban J connectivity index is 1.84. The highest BCUT2D eigenvalue weighted by Crippen LogP contribution is 2.29. The number of carbonyl (C=O) groups excluding carboxylic acids is 2. The summed E-state index contributed by atoms with van der Waals surface area (Å²) in [7, 11) is 3.53. The highest BCUT2D eigenvalue weighted by atomic mass is 35.5. The third-order valence-electron chi connectivity index (χ3n) is 4.61. The van der Waals surface area contributed by atoms with Gasteiger partial charge in [0.1, 0.15) is 23.1 Å². The summed E-state index contributed by atoms with van der Waals surface area (Å²) in [6.07, 6.45) is 2.77. The Kier molecular flexibility index (Phi) is 5.08. The fourth-order valence-corrected chi connectivity index (χ4v) is 3.49. The van der Waals surface area contributed by atoms with Gasteiger partial charge in [0.15, 0.2) is 0 Å². The summed E-state index contributed by atoms with van der Waals surface area (Å²) in [4.78, 5) is 33.1. The van der Waals surface area contributed by atoms with Crippen LogP contribution in [0.15, 0.2) is 18.3 Å². The van der Waals surface area contributed by atoms with Crippen LogP contribution in [0.4, 0.5) is 10.6 Å². The fourth-order valence-electron chi connectivity index (χ4n) is 3.25. The lowest BCUT2D eigenvalue weighted by Crippen LogP contribution is -2.48. The van der Waals surface area contributed by atoms with Gasteiger partial charge < -0.3 is 9.30 Å². The van der Waals surface area contributed by atoms with E-state index >= 15 is 0 Å². The molecule has 7 nitrogen and oxygen atoms in total. The average molecular weight is 393 g/mol. The van der Waals surface area contributed by atoms with E-state index in [0.29, 0.717) is 29.5 Å². The summed E-state index contributed by atoms with van der Waals surface area (Å²) >= 11 is 6.36. The van der Waals surface area contributed by atoms with E-state index in [4.69, 9.17) is 16.3 Å². The molecule has 2 aromatic heterocycles. The van der Waals surface area contributed by atoms with Crippen LogP contribution in [0.5, 0.6) is 0 Å². The largest absolute Gasteiger partial charge is 0.444 e. The molecule has 1 aliphatic rings. The molecule has 2 amide bonds. The highest BCUT2D eigenvalue weighted by Gasteiger charge is 2.38. The minimum atomic E-state index is -0.605. The number of likely N-dealkylation sites (N-methyl/N-ethyl adjacent to an activating group) is 1. The molecule has 1 atom stereocenters. The van der Waals surface area contributed by atoms with Gasteiger partial charge in [-0.1, -0.05) is 11.6 Å². The first-order valence-corrected chi connectivity index (χ1v) is 9.35. The molecule has 0 aromatic carbocycles. The van der Waals surface area contributed by atoms with Crippen molar-refractivity contribution in [2.75, 3.05) is 18.5 Å². The normalized spacial score (nSPS) is 17.4. The maximum atomic E-state index is 13.1. The van der Waals surface area contributed by atoms with Gasteiger partial charge in [0, 0.05) is 38.3 Å². The lowest BCUT2D eigenvalue weighted by atomic mass is 10.2. The van der Waals surface area contributed by atoms with Crippen molar-refractivity contribution in [3.63, 3.8) is 0 Å². The number of carbonyl (C=O) groups is 2. The first-order valence-electron chi connectivity index (χ1n) is 8.97. The Hall–Kier alpha value is -2.28. The molecule has 8 heteroatoms. The Labute approximate surface area is 163 Å². The molecular weight excluding hydrogens is 368 g/mol. The van der Waals surface area contributed by atoms with Crippen LogP contribution in [0, 0.1) is 0 Å². The van der Waals surface area contributed by atoms with Crippen molar-refractivity contribution in [3.8, 4) is 0 Å². The number of rotatable bonds is 2.